The summed E-state index contributed by atoms with van der Waals surface area (Å²) in [6, 6.07) is 18.0. The van der Waals surface area contributed by atoms with Crippen molar-refractivity contribution in [2.45, 2.75) is 44.9 Å². The smallest absolute Gasteiger partial charge is 0.251 e. The number of pyridine rings is 2. The molecule has 1 N–H and O–H groups in total. The fourth-order valence-corrected chi connectivity index (χ4v) is 4.29. The zero-order valence-electron chi connectivity index (χ0n) is 17.1. The first-order chi connectivity index (χ1) is 14.4. The van der Waals surface area contributed by atoms with Gasteiger partial charge in [0.15, 0.2) is 5.65 Å². The summed E-state index contributed by atoms with van der Waals surface area (Å²) in [5.74, 6) is 1.06. The second kappa shape index (κ2) is 6.92. The second-order valence-corrected chi connectivity index (χ2v) is 8.60. The Morgan fingerprint density at radius 3 is 2.63 bits per heavy atom. The Bertz CT molecular complexity index is 1280. The molecule has 0 aliphatic carbocycles. The number of hydrogen-bond acceptors (Lipinski definition) is 4. The number of fused-ring (bicyclic) bond motifs is 3. The first-order valence-electron chi connectivity index (χ1n) is 10.3. The number of aromatic nitrogens is 4. The lowest BCUT2D eigenvalue weighted by molar-refractivity contribution is 0.0604. The largest absolute Gasteiger partial charge is 0.389 e. The number of aliphatic hydroxyl groups is 1. The van der Waals surface area contributed by atoms with E-state index in [1.54, 1.807) is 26.1 Å². The number of rotatable bonds is 4. The highest BCUT2D eigenvalue weighted by Crippen LogP contribution is 2.35. The van der Waals surface area contributed by atoms with Crippen LogP contribution < -0.4 is 5.56 Å². The molecule has 0 spiro atoms. The molecule has 1 aliphatic rings. The molecule has 0 saturated heterocycles. The molecule has 6 nitrogen and oxygen atoms in total. The molecule has 0 bridgehead atoms. The van der Waals surface area contributed by atoms with Gasteiger partial charge in [-0.25, -0.2) is 9.97 Å². The maximum atomic E-state index is 12.5. The highest BCUT2D eigenvalue weighted by atomic mass is 16.3. The van der Waals surface area contributed by atoms with Gasteiger partial charge in [-0.3, -0.25) is 4.79 Å². The van der Waals surface area contributed by atoms with Gasteiger partial charge in [-0.05, 0) is 44.0 Å². The third-order valence-electron chi connectivity index (χ3n) is 5.60. The number of aryl methyl sites for hydroxylation is 1. The molecule has 1 aromatic carbocycles. The Labute approximate surface area is 174 Å². The maximum absolute atomic E-state index is 12.5. The molecular formula is C24H24N4O2. The fraction of sp³-hybridized carbons (Fsp3) is 0.292. The van der Waals surface area contributed by atoms with Crippen molar-refractivity contribution in [2.75, 3.05) is 0 Å². The summed E-state index contributed by atoms with van der Waals surface area (Å²) >= 11 is 0. The van der Waals surface area contributed by atoms with E-state index in [0.29, 0.717) is 0 Å². The molecule has 4 heterocycles. The summed E-state index contributed by atoms with van der Waals surface area (Å²) in [4.78, 5) is 22.2. The first kappa shape index (κ1) is 18.8. The third-order valence-corrected chi connectivity index (χ3v) is 5.60. The Morgan fingerprint density at radius 1 is 1.10 bits per heavy atom. The van der Waals surface area contributed by atoms with Gasteiger partial charge in [0, 0.05) is 24.2 Å². The highest BCUT2D eigenvalue weighted by Gasteiger charge is 2.27. The standard InChI is InChI=1S/C24H24N4O2/c1-24(2,30)15-27-13-12-17(14-22(27)29)18-8-9-19-23(26-18)28-20(10-11-21(28)25-19)16-6-4-3-5-7-16/h3-9,12-14,20,30H,10-11,15H2,1-2H3/t20-/m1/s1. The van der Waals surface area contributed by atoms with Crippen LogP contribution in [0.1, 0.15) is 37.7 Å². The van der Waals surface area contributed by atoms with Crippen LogP contribution in [0, 0.1) is 0 Å². The zero-order chi connectivity index (χ0) is 20.9. The van der Waals surface area contributed by atoms with E-state index < -0.39 is 5.60 Å². The van der Waals surface area contributed by atoms with Crippen LogP contribution >= 0.6 is 0 Å². The van der Waals surface area contributed by atoms with Crippen molar-refractivity contribution in [3.63, 3.8) is 0 Å². The Hall–Kier alpha value is -3.25. The van der Waals surface area contributed by atoms with Crippen molar-refractivity contribution < 1.29 is 5.11 Å². The Kier molecular flexibility index (Phi) is 4.33. The number of imidazole rings is 1. The van der Waals surface area contributed by atoms with E-state index in [4.69, 9.17) is 9.97 Å². The van der Waals surface area contributed by atoms with Crippen LogP contribution in [0.5, 0.6) is 0 Å². The van der Waals surface area contributed by atoms with Crippen LogP contribution in [0.4, 0.5) is 0 Å². The molecule has 30 heavy (non-hydrogen) atoms. The maximum Gasteiger partial charge on any atom is 0.251 e. The molecule has 0 fully saturated rings. The molecule has 0 radical (unpaired) electrons. The number of hydrogen-bond donors (Lipinski definition) is 1. The van der Waals surface area contributed by atoms with Gasteiger partial charge in [0.25, 0.3) is 5.56 Å². The lowest BCUT2D eigenvalue weighted by Gasteiger charge is -2.18. The summed E-state index contributed by atoms with van der Waals surface area (Å²) in [5, 5.41) is 10.0. The predicted molar refractivity (Wildman–Crippen MR) is 116 cm³/mol. The molecule has 1 atom stereocenters. The van der Waals surface area contributed by atoms with E-state index in [9.17, 15) is 9.90 Å². The van der Waals surface area contributed by atoms with Crippen molar-refractivity contribution in [1.82, 2.24) is 19.1 Å². The van der Waals surface area contributed by atoms with Gasteiger partial charge in [0.2, 0.25) is 0 Å². The molecule has 5 rings (SSSR count). The zero-order valence-corrected chi connectivity index (χ0v) is 17.1. The van der Waals surface area contributed by atoms with Gasteiger partial charge >= 0.3 is 0 Å². The highest BCUT2D eigenvalue weighted by molar-refractivity contribution is 5.76. The molecule has 3 aromatic heterocycles. The lowest BCUT2D eigenvalue weighted by Crippen LogP contribution is -2.32. The molecular weight excluding hydrogens is 376 g/mol. The van der Waals surface area contributed by atoms with E-state index in [0.717, 1.165) is 41.1 Å². The normalized spacial score (nSPS) is 16.2. The van der Waals surface area contributed by atoms with Gasteiger partial charge in [-0.15, -0.1) is 0 Å². The van der Waals surface area contributed by atoms with E-state index >= 15 is 0 Å². The van der Waals surface area contributed by atoms with Crippen LogP contribution in [0.25, 0.3) is 22.4 Å². The van der Waals surface area contributed by atoms with Crippen molar-refractivity contribution in [1.29, 1.82) is 0 Å². The Morgan fingerprint density at radius 2 is 1.90 bits per heavy atom. The lowest BCUT2D eigenvalue weighted by atomic mass is 10.0. The minimum Gasteiger partial charge on any atom is -0.389 e. The van der Waals surface area contributed by atoms with E-state index in [1.807, 2.05) is 24.3 Å². The summed E-state index contributed by atoms with van der Waals surface area (Å²) in [6.45, 7) is 3.62. The summed E-state index contributed by atoms with van der Waals surface area (Å²) in [7, 11) is 0. The van der Waals surface area contributed by atoms with Crippen molar-refractivity contribution >= 4 is 11.2 Å². The average Bonchev–Trinajstić information content (AvgIpc) is 3.28. The molecule has 0 unspecified atom stereocenters. The number of nitrogens with zero attached hydrogens (tertiary/aromatic N) is 4. The molecule has 6 heteroatoms. The van der Waals surface area contributed by atoms with E-state index in [-0.39, 0.29) is 18.1 Å². The molecule has 0 amide bonds. The van der Waals surface area contributed by atoms with E-state index in [2.05, 4.69) is 28.8 Å². The molecule has 4 aromatic rings. The number of benzene rings is 1. The SMILES string of the molecule is CC(C)(O)Cn1ccc(-c2ccc3nc4n(c3n2)[C@@H](c2ccccc2)CC4)cc1=O. The van der Waals surface area contributed by atoms with Gasteiger partial charge in [0.05, 0.1) is 23.9 Å². The van der Waals surface area contributed by atoms with Crippen LogP contribution in [0.3, 0.4) is 0 Å². The average molecular weight is 400 g/mol. The summed E-state index contributed by atoms with van der Waals surface area (Å²) in [5.41, 5.74) is 3.40. The fourth-order valence-electron chi connectivity index (χ4n) is 4.29. The van der Waals surface area contributed by atoms with Gasteiger partial charge in [0.1, 0.15) is 11.3 Å². The quantitative estimate of drug-likeness (QED) is 0.568. The van der Waals surface area contributed by atoms with Crippen LogP contribution in [0.15, 0.2) is 65.6 Å². The third kappa shape index (κ3) is 3.33. The molecule has 0 saturated carbocycles. The van der Waals surface area contributed by atoms with Gasteiger partial charge in [-0.2, -0.15) is 0 Å². The van der Waals surface area contributed by atoms with Crippen LogP contribution in [-0.4, -0.2) is 29.8 Å². The van der Waals surface area contributed by atoms with Crippen LogP contribution in [0.2, 0.25) is 0 Å². The summed E-state index contributed by atoms with van der Waals surface area (Å²) < 4.78 is 3.76. The van der Waals surface area contributed by atoms with Crippen molar-refractivity contribution in [3.05, 3.63) is 82.5 Å². The van der Waals surface area contributed by atoms with Gasteiger partial charge < -0.3 is 14.2 Å². The topological polar surface area (TPSA) is 72.9 Å². The molecule has 1 aliphatic heterocycles. The van der Waals surface area contributed by atoms with Crippen molar-refractivity contribution in [3.8, 4) is 11.3 Å². The minimum absolute atomic E-state index is 0.155. The monoisotopic (exact) mass is 400 g/mol. The van der Waals surface area contributed by atoms with Crippen LogP contribution in [-0.2, 0) is 13.0 Å². The Balaban J connectivity index is 1.57. The first-order valence-corrected chi connectivity index (χ1v) is 10.3. The minimum atomic E-state index is -0.951. The second-order valence-electron chi connectivity index (χ2n) is 8.60. The predicted octanol–water partition coefficient (Wildman–Crippen LogP) is 3.57. The molecule has 152 valence electrons. The van der Waals surface area contributed by atoms with Gasteiger partial charge in [-0.1, -0.05) is 30.3 Å². The van der Waals surface area contributed by atoms with E-state index in [1.165, 1.54) is 10.1 Å². The van der Waals surface area contributed by atoms with Crippen molar-refractivity contribution in [2.24, 2.45) is 0 Å². The summed E-state index contributed by atoms with van der Waals surface area (Å²) in [6.07, 6.45) is 3.66.